The Kier molecular flexibility index (Phi) is 7.53. The van der Waals surface area contributed by atoms with Crippen molar-refractivity contribution in [2.75, 3.05) is 18.2 Å². The van der Waals surface area contributed by atoms with Crippen LogP contribution in [0.1, 0.15) is 51.0 Å². The molecule has 178 valence electrons. The van der Waals surface area contributed by atoms with Crippen LogP contribution in [0.5, 0.6) is 0 Å². The highest BCUT2D eigenvalue weighted by atomic mass is 32.2. The number of hydrogen-bond acceptors (Lipinski definition) is 7. The number of amides is 1. The first-order valence-corrected chi connectivity index (χ1v) is 12.9. The molecule has 4 rings (SSSR count). The van der Waals surface area contributed by atoms with E-state index in [0.717, 1.165) is 47.0 Å². The van der Waals surface area contributed by atoms with E-state index in [1.54, 1.807) is 6.92 Å². The highest BCUT2D eigenvalue weighted by molar-refractivity contribution is 7.99. The summed E-state index contributed by atoms with van der Waals surface area (Å²) in [6, 6.07) is 9.75. The molecule has 34 heavy (non-hydrogen) atoms. The van der Waals surface area contributed by atoms with Gasteiger partial charge in [0.05, 0.1) is 18.4 Å². The Labute approximate surface area is 206 Å². The van der Waals surface area contributed by atoms with Gasteiger partial charge in [-0.2, -0.15) is 0 Å². The maximum atomic E-state index is 12.7. The second-order valence-corrected chi connectivity index (χ2v) is 10.6. The van der Waals surface area contributed by atoms with Gasteiger partial charge in [-0.1, -0.05) is 49.0 Å². The van der Waals surface area contributed by atoms with Gasteiger partial charge in [0, 0.05) is 22.6 Å². The van der Waals surface area contributed by atoms with Crippen molar-refractivity contribution < 1.29 is 14.3 Å². The molecule has 1 aliphatic carbocycles. The molecule has 0 saturated heterocycles. The number of methoxy groups -OCH3 is 1. The molecule has 1 unspecified atom stereocenters. The summed E-state index contributed by atoms with van der Waals surface area (Å²) in [5, 5.41) is 3.80. The van der Waals surface area contributed by atoms with Crippen LogP contribution in [0.2, 0.25) is 0 Å². The van der Waals surface area contributed by atoms with Crippen molar-refractivity contribution in [3.63, 3.8) is 0 Å². The molecule has 0 aliphatic heterocycles. The minimum atomic E-state index is -0.425. The molecule has 0 fully saturated rings. The Hall–Kier alpha value is -2.91. The fourth-order valence-electron chi connectivity index (χ4n) is 4.11. The number of fused-ring (bicyclic) bond motifs is 1. The number of rotatable bonds is 7. The molecule has 7 nitrogen and oxygen atoms in total. The van der Waals surface area contributed by atoms with Gasteiger partial charge in [0.1, 0.15) is 5.00 Å². The van der Waals surface area contributed by atoms with Gasteiger partial charge in [-0.3, -0.25) is 9.59 Å². The average molecular weight is 498 g/mol. The Morgan fingerprint density at radius 1 is 1.29 bits per heavy atom. The lowest BCUT2D eigenvalue weighted by atomic mass is 9.88. The fourth-order valence-corrected chi connectivity index (χ4v) is 6.24. The van der Waals surface area contributed by atoms with Crippen LogP contribution in [0.3, 0.4) is 0 Å². The Morgan fingerprint density at radius 2 is 2.06 bits per heavy atom. The van der Waals surface area contributed by atoms with Crippen LogP contribution in [0.4, 0.5) is 5.00 Å². The molecule has 1 amide bonds. The van der Waals surface area contributed by atoms with Crippen molar-refractivity contribution in [1.29, 1.82) is 0 Å². The summed E-state index contributed by atoms with van der Waals surface area (Å²) in [4.78, 5) is 46.2. The van der Waals surface area contributed by atoms with Crippen molar-refractivity contribution in [3.8, 4) is 0 Å². The number of anilines is 1. The smallest absolute Gasteiger partial charge is 0.341 e. The van der Waals surface area contributed by atoms with E-state index in [9.17, 15) is 14.4 Å². The monoisotopic (exact) mass is 497 g/mol. The highest BCUT2D eigenvalue weighted by Gasteiger charge is 2.29. The van der Waals surface area contributed by atoms with E-state index in [2.05, 4.69) is 22.2 Å². The number of thioether (sulfide) groups is 1. The molecule has 2 N–H and O–H groups in total. The number of aromatic nitrogens is 2. The number of nitrogens with zero attached hydrogens (tertiary/aromatic N) is 1. The number of ether oxygens (including phenoxy) is 1. The van der Waals surface area contributed by atoms with Gasteiger partial charge in [-0.25, -0.2) is 9.78 Å². The predicted molar refractivity (Wildman–Crippen MR) is 135 cm³/mol. The number of thiophene rings is 1. The molecule has 9 heteroatoms. The number of aromatic amines is 1. The number of benzene rings is 1. The van der Waals surface area contributed by atoms with Crippen LogP contribution in [-0.4, -0.2) is 34.7 Å². The zero-order chi connectivity index (χ0) is 24.2. The molecule has 3 aromatic rings. The van der Waals surface area contributed by atoms with Crippen LogP contribution < -0.4 is 10.9 Å². The van der Waals surface area contributed by atoms with Crippen LogP contribution in [0.25, 0.3) is 0 Å². The van der Waals surface area contributed by atoms with Crippen LogP contribution in [-0.2, 0) is 28.8 Å². The lowest BCUT2D eigenvalue weighted by Crippen LogP contribution is -2.19. The summed E-state index contributed by atoms with van der Waals surface area (Å²) < 4.78 is 4.98. The van der Waals surface area contributed by atoms with Crippen LogP contribution in [0.15, 0.2) is 40.3 Å². The van der Waals surface area contributed by atoms with Crippen molar-refractivity contribution in [3.05, 3.63) is 73.5 Å². The van der Waals surface area contributed by atoms with Crippen LogP contribution in [0, 0.1) is 12.8 Å². The van der Waals surface area contributed by atoms with E-state index in [-0.39, 0.29) is 17.2 Å². The predicted octanol–water partition coefficient (Wildman–Crippen LogP) is 4.37. The molecule has 1 aliphatic rings. The first-order chi connectivity index (χ1) is 16.4. The van der Waals surface area contributed by atoms with E-state index < -0.39 is 5.97 Å². The van der Waals surface area contributed by atoms with Gasteiger partial charge < -0.3 is 15.0 Å². The fraction of sp³-hybridized carbons (Fsp3) is 0.360. The lowest BCUT2D eigenvalue weighted by molar-refractivity contribution is -0.113. The lowest BCUT2D eigenvalue weighted by Gasteiger charge is -2.18. The van der Waals surface area contributed by atoms with E-state index in [1.165, 1.54) is 18.4 Å². The summed E-state index contributed by atoms with van der Waals surface area (Å²) >= 11 is 2.61. The first kappa shape index (κ1) is 24.2. The molecule has 2 heterocycles. The maximum Gasteiger partial charge on any atom is 0.341 e. The van der Waals surface area contributed by atoms with E-state index in [1.807, 2.05) is 30.3 Å². The minimum absolute atomic E-state index is 0.0555. The summed E-state index contributed by atoms with van der Waals surface area (Å²) in [6.45, 7) is 3.99. The summed E-state index contributed by atoms with van der Waals surface area (Å²) in [5.74, 6) is -0.0900. The molecular weight excluding hydrogens is 470 g/mol. The van der Waals surface area contributed by atoms with Crippen molar-refractivity contribution >= 4 is 40.0 Å². The quantitative estimate of drug-likeness (QED) is 0.286. The van der Waals surface area contributed by atoms with Gasteiger partial charge in [-0.05, 0) is 43.2 Å². The number of carbonyl (C=O) groups excluding carboxylic acids is 2. The Morgan fingerprint density at radius 3 is 2.76 bits per heavy atom. The number of aryl methyl sites for hydroxylation is 1. The topological polar surface area (TPSA) is 101 Å². The van der Waals surface area contributed by atoms with Gasteiger partial charge in [-0.15, -0.1) is 11.3 Å². The molecule has 2 aromatic heterocycles. The highest BCUT2D eigenvalue weighted by Crippen LogP contribution is 2.40. The average Bonchev–Trinajstić information content (AvgIpc) is 3.16. The third-order valence-electron chi connectivity index (χ3n) is 5.92. The number of H-pyrrole nitrogens is 1. The standard InChI is InChI=1S/C25H27N3O4S2/c1-14-9-10-17-19(11-14)34-23(21(17)24(31)32-3)27-20(29)13-33-25-26-15(2)18(22(30)28-25)12-16-7-5-4-6-8-16/h4-8,14H,9-13H2,1-3H3,(H,27,29)(H,26,28,30). The molecular formula is C25H27N3O4S2. The second-order valence-electron chi connectivity index (χ2n) is 8.48. The van der Waals surface area contributed by atoms with Crippen molar-refractivity contribution in [2.24, 2.45) is 5.92 Å². The number of nitrogens with one attached hydrogen (secondary N) is 2. The number of hydrogen-bond donors (Lipinski definition) is 2. The zero-order valence-electron chi connectivity index (χ0n) is 19.4. The molecule has 0 saturated carbocycles. The minimum Gasteiger partial charge on any atom is -0.465 e. The molecule has 1 aromatic carbocycles. The third-order valence-corrected chi connectivity index (χ3v) is 7.96. The van der Waals surface area contributed by atoms with Gasteiger partial charge in [0.15, 0.2) is 5.16 Å². The second kappa shape index (κ2) is 10.6. The third kappa shape index (κ3) is 5.42. The molecule has 0 radical (unpaired) electrons. The van der Waals surface area contributed by atoms with Gasteiger partial charge in [0.25, 0.3) is 5.56 Å². The summed E-state index contributed by atoms with van der Waals surface area (Å²) in [5.41, 5.74) is 3.55. The number of carbonyl (C=O) groups is 2. The zero-order valence-corrected chi connectivity index (χ0v) is 21.0. The maximum absolute atomic E-state index is 12.7. The largest absolute Gasteiger partial charge is 0.465 e. The van der Waals surface area contributed by atoms with Crippen LogP contribution >= 0.6 is 23.1 Å². The Balaban J connectivity index is 1.45. The van der Waals surface area contributed by atoms with E-state index in [4.69, 9.17) is 4.74 Å². The summed E-state index contributed by atoms with van der Waals surface area (Å²) in [6.07, 6.45) is 3.21. The summed E-state index contributed by atoms with van der Waals surface area (Å²) in [7, 11) is 1.35. The molecule has 1 atom stereocenters. The van der Waals surface area contributed by atoms with E-state index >= 15 is 0 Å². The normalized spacial score (nSPS) is 15.0. The van der Waals surface area contributed by atoms with E-state index in [0.29, 0.717) is 39.3 Å². The Bertz CT molecular complexity index is 1270. The SMILES string of the molecule is COC(=O)c1c(NC(=O)CSc2nc(C)c(Cc3ccccc3)c(=O)[nH]2)sc2c1CCC(C)C2. The number of esters is 1. The van der Waals surface area contributed by atoms with Crippen molar-refractivity contribution in [2.45, 2.75) is 44.7 Å². The van der Waals surface area contributed by atoms with Gasteiger partial charge in [0.2, 0.25) is 5.91 Å². The van der Waals surface area contributed by atoms with Gasteiger partial charge >= 0.3 is 5.97 Å². The molecule has 0 bridgehead atoms. The van der Waals surface area contributed by atoms with Crippen molar-refractivity contribution in [1.82, 2.24) is 9.97 Å². The first-order valence-electron chi connectivity index (χ1n) is 11.1. The molecule has 0 spiro atoms.